The Morgan fingerprint density at radius 2 is 2.03 bits per heavy atom. The van der Waals surface area contributed by atoms with Gasteiger partial charge in [0, 0.05) is 50.2 Å². The van der Waals surface area contributed by atoms with Crippen LogP contribution in [0.2, 0.25) is 0 Å². The van der Waals surface area contributed by atoms with Gasteiger partial charge >= 0.3 is 0 Å². The van der Waals surface area contributed by atoms with Gasteiger partial charge in [-0.3, -0.25) is 0 Å². The third-order valence-electron chi connectivity index (χ3n) is 7.84. The number of nitrogens with one attached hydrogen (secondary N) is 1. The van der Waals surface area contributed by atoms with Crippen molar-refractivity contribution in [1.29, 1.82) is 0 Å². The molecule has 1 aliphatic carbocycles. The lowest BCUT2D eigenvalue weighted by atomic mass is 10.0. The summed E-state index contributed by atoms with van der Waals surface area (Å²) in [5, 5.41) is 16.7. The number of ether oxygens (including phenoxy) is 3. The van der Waals surface area contributed by atoms with E-state index in [-0.39, 0.29) is 19.1 Å². The minimum atomic E-state index is -2.33. The summed E-state index contributed by atoms with van der Waals surface area (Å²) in [6, 6.07) is 9.80. The van der Waals surface area contributed by atoms with E-state index >= 15 is 0 Å². The quantitative estimate of drug-likeness (QED) is 0.372. The molecule has 39 heavy (non-hydrogen) atoms. The number of alkyl halides is 2. The summed E-state index contributed by atoms with van der Waals surface area (Å²) in [6.07, 6.45) is 6.57. The van der Waals surface area contributed by atoms with Gasteiger partial charge in [0.2, 0.25) is 0 Å². The molecule has 208 valence electrons. The molecule has 1 aromatic carbocycles. The first-order chi connectivity index (χ1) is 19.0. The molecule has 2 aliphatic heterocycles. The van der Waals surface area contributed by atoms with Crippen LogP contribution in [0.4, 0.5) is 14.6 Å². The summed E-state index contributed by atoms with van der Waals surface area (Å²) in [5.74, 6) is 1.36. The summed E-state index contributed by atoms with van der Waals surface area (Å²) in [7, 11) is 1.58. The molecule has 4 heterocycles. The van der Waals surface area contributed by atoms with E-state index in [0.29, 0.717) is 30.8 Å². The molecular formula is C28H34F2N6O3. The molecule has 2 atom stereocenters. The van der Waals surface area contributed by atoms with Crippen molar-refractivity contribution >= 4 is 5.82 Å². The van der Waals surface area contributed by atoms with Crippen molar-refractivity contribution in [1.82, 2.24) is 25.3 Å². The average molecular weight is 541 g/mol. The highest BCUT2D eigenvalue weighted by Crippen LogP contribution is 2.42. The molecule has 0 spiro atoms. The van der Waals surface area contributed by atoms with Crippen LogP contribution in [0.5, 0.6) is 5.75 Å². The highest BCUT2D eigenvalue weighted by molar-refractivity contribution is 5.74. The second kappa shape index (κ2) is 11.1. The molecular weight excluding hydrogens is 506 g/mol. The summed E-state index contributed by atoms with van der Waals surface area (Å²) in [5.41, 5.74) is 2.42. The van der Waals surface area contributed by atoms with Crippen molar-refractivity contribution in [2.24, 2.45) is 0 Å². The Morgan fingerprint density at radius 3 is 2.74 bits per heavy atom. The Hall–Kier alpha value is -3.15. The molecule has 6 rings (SSSR count). The van der Waals surface area contributed by atoms with Crippen LogP contribution in [-0.4, -0.2) is 71.6 Å². The van der Waals surface area contributed by atoms with Crippen LogP contribution in [0.3, 0.4) is 0 Å². The number of benzene rings is 1. The van der Waals surface area contributed by atoms with Crippen LogP contribution in [0.25, 0.3) is 22.4 Å². The maximum absolute atomic E-state index is 13.3. The van der Waals surface area contributed by atoms with Gasteiger partial charge in [-0.25, -0.2) is 13.5 Å². The zero-order chi connectivity index (χ0) is 26.8. The van der Waals surface area contributed by atoms with E-state index in [2.05, 4.69) is 25.5 Å². The Bertz CT molecular complexity index is 1260. The smallest absolute Gasteiger partial charge is 0.256 e. The van der Waals surface area contributed by atoms with E-state index in [4.69, 9.17) is 14.2 Å². The molecule has 3 fully saturated rings. The molecule has 2 saturated heterocycles. The number of aromatic nitrogens is 4. The van der Waals surface area contributed by atoms with Crippen molar-refractivity contribution < 1.29 is 23.0 Å². The number of halogens is 2. The SMILES string of the molecule is COCOc1cc(-c2cnn(C3CCCCO3)c2)ccc1-c1ccc(N2CCC(NC3(C(F)F)CC3)C2)nn1. The van der Waals surface area contributed by atoms with Gasteiger partial charge in [0.25, 0.3) is 6.43 Å². The predicted molar refractivity (Wildman–Crippen MR) is 142 cm³/mol. The van der Waals surface area contributed by atoms with Gasteiger partial charge < -0.3 is 24.4 Å². The van der Waals surface area contributed by atoms with E-state index < -0.39 is 12.0 Å². The third kappa shape index (κ3) is 5.61. The lowest BCUT2D eigenvalue weighted by Crippen LogP contribution is -2.46. The van der Waals surface area contributed by atoms with Crippen molar-refractivity contribution in [2.45, 2.75) is 62.8 Å². The van der Waals surface area contributed by atoms with Gasteiger partial charge in [0.1, 0.15) is 12.0 Å². The number of anilines is 1. The molecule has 3 aromatic rings. The summed E-state index contributed by atoms with van der Waals surface area (Å²) < 4.78 is 45.5. The van der Waals surface area contributed by atoms with Crippen molar-refractivity contribution in [2.75, 3.05) is 38.5 Å². The van der Waals surface area contributed by atoms with E-state index in [1.165, 1.54) is 0 Å². The Labute approximate surface area is 226 Å². The van der Waals surface area contributed by atoms with Gasteiger partial charge in [-0.2, -0.15) is 5.10 Å². The van der Waals surface area contributed by atoms with Gasteiger partial charge in [0.05, 0.1) is 17.4 Å². The van der Waals surface area contributed by atoms with E-state index in [1.807, 2.05) is 47.4 Å². The number of nitrogens with zero attached hydrogens (tertiary/aromatic N) is 5. The fraction of sp³-hybridized carbons (Fsp3) is 0.536. The zero-order valence-corrected chi connectivity index (χ0v) is 22.1. The van der Waals surface area contributed by atoms with Crippen LogP contribution in [0.1, 0.15) is 44.8 Å². The monoisotopic (exact) mass is 540 g/mol. The van der Waals surface area contributed by atoms with Crippen LogP contribution in [-0.2, 0) is 9.47 Å². The molecule has 0 bridgehead atoms. The molecule has 2 aromatic heterocycles. The van der Waals surface area contributed by atoms with Gasteiger partial charge in [-0.15, -0.1) is 10.2 Å². The largest absolute Gasteiger partial charge is 0.467 e. The van der Waals surface area contributed by atoms with Crippen molar-refractivity contribution in [3.8, 4) is 28.1 Å². The Kier molecular flexibility index (Phi) is 7.46. The molecule has 3 aliphatic rings. The molecule has 1 saturated carbocycles. The number of rotatable bonds is 10. The molecule has 1 N–H and O–H groups in total. The van der Waals surface area contributed by atoms with Crippen LogP contribution in [0, 0.1) is 0 Å². The lowest BCUT2D eigenvalue weighted by molar-refractivity contribution is -0.0394. The fourth-order valence-electron chi connectivity index (χ4n) is 5.42. The Morgan fingerprint density at radius 1 is 1.13 bits per heavy atom. The van der Waals surface area contributed by atoms with Crippen molar-refractivity contribution in [3.05, 3.63) is 42.7 Å². The summed E-state index contributed by atoms with van der Waals surface area (Å²) >= 11 is 0. The topological polar surface area (TPSA) is 86.6 Å². The maximum atomic E-state index is 13.3. The first-order valence-corrected chi connectivity index (χ1v) is 13.6. The van der Waals surface area contributed by atoms with Gasteiger partial charge in [-0.05, 0) is 68.4 Å². The highest BCUT2D eigenvalue weighted by atomic mass is 19.3. The predicted octanol–water partition coefficient (Wildman–Crippen LogP) is 4.65. The lowest BCUT2D eigenvalue weighted by Gasteiger charge is -2.22. The van der Waals surface area contributed by atoms with E-state index in [0.717, 1.165) is 61.3 Å². The highest BCUT2D eigenvalue weighted by Gasteiger charge is 2.52. The van der Waals surface area contributed by atoms with Crippen molar-refractivity contribution in [3.63, 3.8) is 0 Å². The number of methoxy groups -OCH3 is 1. The van der Waals surface area contributed by atoms with Gasteiger partial charge in [-0.1, -0.05) is 6.07 Å². The maximum Gasteiger partial charge on any atom is 0.256 e. The normalized spacial score (nSPS) is 22.4. The minimum absolute atomic E-state index is 0.0226. The number of hydrogen-bond donors (Lipinski definition) is 1. The average Bonchev–Trinajstić information content (AvgIpc) is 3.36. The first-order valence-electron chi connectivity index (χ1n) is 13.6. The van der Waals surface area contributed by atoms with Crippen LogP contribution >= 0.6 is 0 Å². The van der Waals surface area contributed by atoms with E-state index in [1.54, 1.807) is 7.11 Å². The van der Waals surface area contributed by atoms with Gasteiger partial charge in [0.15, 0.2) is 12.6 Å². The second-order valence-corrected chi connectivity index (χ2v) is 10.6. The zero-order valence-electron chi connectivity index (χ0n) is 22.1. The fourth-order valence-corrected chi connectivity index (χ4v) is 5.42. The van der Waals surface area contributed by atoms with E-state index in [9.17, 15) is 8.78 Å². The Balaban J connectivity index is 1.17. The molecule has 0 radical (unpaired) electrons. The molecule has 11 heteroatoms. The second-order valence-electron chi connectivity index (χ2n) is 10.6. The molecule has 2 unspecified atom stereocenters. The van der Waals surface area contributed by atoms with Crippen LogP contribution < -0.4 is 15.0 Å². The minimum Gasteiger partial charge on any atom is -0.467 e. The first kappa shape index (κ1) is 26.1. The molecule has 9 nitrogen and oxygen atoms in total. The summed E-state index contributed by atoms with van der Waals surface area (Å²) in [6.45, 7) is 2.25. The number of hydrogen-bond acceptors (Lipinski definition) is 8. The molecule has 0 amide bonds. The third-order valence-corrected chi connectivity index (χ3v) is 7.84. The summed E-state index contributed by atoms with van der Waals surface area (Å²) in [4.78, 5) is 2.09. The van der Waals surface area contributed by atoms with Crippen LogP contribution in [0.15, 0.2) is 42.7 Å². The standard InChI is InChI=1S/C28H34F2N6O3/c1-37-18-39-24-14-19(20-15-31-36(16-20)26-4-2-3-13-38-26)5-6-22(24)23-7-8-25(34-33-23)35-12-9-21(17-35)32-28(10-11-28)27(29)30/h5-8,14-16,21,26-27,32H,2-4,9-13,17-18H2,1H3.